The summed E-state index contributed by atoms with van der Waals surface area (Å²) in [5.41, 5.74) is 2.13. The van der Waals surface area contributed by atoms with Crippen LogP contribution in [0.1, 0.15) is 35.3 Å². The third-order valence-corrected chi connectivity index (χ3v) is 6.84. The lowest BCUT2D eigenvalue weighted by molar-refractivity contribution is 0.0964. The van der Waals surface area contributed by atoms with Crippen molar-refractivity contribution in [3.8, 4) is 0 Å². The van der Waals surface area contributed by atoms with Crippen LogP contribution in [0.15, 0.2) is 70.4 Å². The van der Waals surface area contributed by atoms with Crippen LogP contribution in [0.25, 0.3) is 0 Å². The van der Waals surface area contributed by atoms with Gasteiger partial charge in [0.2, 0.25) is 0 Å². The third kappa shape index (κ3) is 4.70. The van der Waals surface area contributed by atoms with Crippen molar-refractivity contribution in [2.45, 2.75) is 24.2 Å². The zero-order valence-corrected chi connectivity index (χ0v) is 17.4. The number of allylic oxidation sites excluding steroid dienone is 4. The number of carbonyl (C=O) groups is 1. The minimum absolute atomic E-state index is 0.00971. The van der Waals surface area contributed by atoms with Crippen LogP contribution in [-0.2, 0) is 0 Å². The van der Waals surface area contributed by atoms with Crippen molar-refractivity contribution in [3.63, 3.8) is 0 Å². The van der Waals surface area contributed by atoms with Gasteiger partial charge in [-0.05, 0) is 55.7 Å². The highest BCUT2D eigenvalue weighted by Crippen LogP contribution is 2.35. The molecule has 0 radical (unpaired) electrons. The van der Waals surface area contributed by atoms with E-state index in [1.54, 1.807) is 12.3 Å². The van der Waals surface area contributed by atoms with Gasteiger partial charge in [-0.2, -0.15) is 10.5 Å². The Hall–Kier alpha value is -1.88. The van der Waals surface area contributed by atoms with E-state index in [1.165, 1.54) is 0 Å². The Morgan fingerprint density at radius 1 is 1.26 bits per heavy atom. The summed E-state index contributed by atoms with van der Waals surface area (Å²) in [5, 5.41) is 6.24. The Morgan fingerprint density at radius 2 is 2.07 bits per heavy atom. The molecule has 3 nitrogen and oxygen atoms in total. The van der Waals surface area contributed by atoms with Crippen LogP contribution in [0.3, 0.4) is 0 Å². The molecule has 2 aromatic rings. The number of halogens is 2. The first-order valence-electron chi connectivity index (χ1n) is 8.52. The van der Waals surface area contributed by atoms with Crippen LogP contribution in [0.5, 0.6) is 0 Å². The van der Waals surface area contributed by atoms with E-state index in [2.05, 4.69) is 21.9 Å². The largest absolute Gasteiger partial charge is 0.326 e. The van der Waals surface area contributed by atoms with Gasteiger partial charge in [-0.25, -0.2) is 0 Å². The van der Waals surface area contributed by atoms with E-state index < -0.39 is 0 Å². The second-order valence-electron chi connectivity index (χ2n) is 6.14. The molecule has 140 valence electrons. The number of rotatable bonds is 4. The average Bonchev–Trinajstić information content (AvgIpc) is 2.69. The molecule has 2 unspecified atom stereocenters. The number of carbonyl (C=O) groups excluding carboxylic acids is 1. The number of nitrogens with zero attached hydrogens (tertiary/aromatic N) is 1. The van der Waals surface area contributed by atoms with Crippen molar-refractivity contribution in [2.75, 3.05) is 6.26 Å². The standard InChI is InChI=1S/C21H20Cl2N2OS/c1-3-27(2)15-8-9-16(19(23)13-15)21(26)25-14-7-10-18(22)17(12-14)20-6-4-5-11-24-20/h3-11,13,17H,12H2,1-2H3,(H,25,26). The predicted molar refractivity (Wildman–Crippen MR) is 116 cm³/mol. The lowest BCUT2D eigenvalue weighted by Crippen LogP contribution is -2.25. The number of benzene rings is 1. The van der Waals surface area contributed by atoms with Crippen LogP contribution in [0.4, 0.5) is 0 Å². The topological polar surface area (TPSA) is 42.0 Å². The Kier molecular flexibility index (Phi) is 6.53. The lowest BCUT2D eigenvalue weighted by atomic mass is 9.94. The molecule has 3 rings (SSSR count). The number of hydrogen-bond acceptors (Lipinski definition) is 2. The molecule has 1 aliphatic carbocycles. The highest BCUT2D eigenvalue weighted by molar-refractivity contribution is 8.14. The van der Waals surface area contributed by atoms with Crippen molar-refractivity contribution in [3.05, 3.63) is 81.8 Å². The summed E-state index contributed by atoms with van der Waals surface area (Å²) in [7, 11) is 0.00971. The van der Waals surface area contributed by atoms with Crippen molar-refractivity contribution in [1.29, 1.82) is 0 Å². The maximum absolute atomic E-state index is 12.7. The maximum Gasteiger partial charge on any atom is 0.256 e. The van der Waals surface area contributed by atoms with E-state index in [9.17, 15) is 4.79 Å². The summed E-state index contributed by atoms with van der Waals surface area (Å²) in [5.74, 6) is -0.284. The van der Waals surface area contributed by atoms with Gasteiger partial charge < -0.3 is 5.32 Å². The zero-order chi connectivity index (χ0) is 19.4. The van der Waals surface area contributed by atoms with Gasteiger partial charge in [0.25, 0.3) is 5.91 Å². The molecular weight excluding hydrogens is 399 g/mol. The Balaban J connectivity index is 1.76. The van der Waals surface area contributed by atoms with E-state index in [1.807, 2.05) is 49.4 Å². The van der Waals surface area contributed by atoms with Gasteiger partial charge in [0.15, 0.2) is 0 Å². The Labute approximate surface area is 172 Å². The summed E-state index contributed by atoms with van der Waals surface area (Å²) in [6.07, 6.45) is 8.08. The van der Waals surface area contributed by atoms with Gasteiger partial charge in [-0.1, -0.05) is 34.6 Å². The quantitative estimate of drug-likeness (QED) is 0.643. The minimum Gasteiger partial charge on any atom is -0.326 e. The van der Waals surface area contributed by atoms with E-state index in [-0.39, 0.29) is 22.3 Å². The van der Waals surface area contributed by atoms with Gasteiger partial charge in [0.1, 0.15) is 0 Å². The number of aromatic nitrogens is 1. The lowest BCUT2D eigenvalue weighted by Gasteiger charge is -2.22. The number of pyridine rings is 1. The molecule has 1 aliphatic rings. The average molecular weight is 419 g/mol. The molecule has 6 heteroatoms. The van der Waals surface area contributed by atoms with Crippen LogP contribution in [0, 0.1) is 0 Å². The summed E-state index contributed by atoms with van der Waals surface area (Å²) < 4.78 is 0. The van der Waals surface area contributed by atoms with E-state index >= 15 is 0 Å². The Morgan fingerprint density at radius 3 is 2.74 bits per heavy atom. The molecule has 0 spiro atoms. The van der Waals surface area contributed by atoms with Crippen molar-refractivity contribution < 1.29 is 4.79 Å². The molecule has 1 aromatic heterocycles. The van der Waals surface area contributed by atoms with Crippen molar-refractivity contribution in [1.82, 2.24) is 10.3 Å². The molecule has 1 N–H and O–H groups in total. The maximum atomic E-state index is 12.7. The molecule has 0 saturated carbocycles. The van der Waals surface area contributed by atoms with Crippen LogP contribution >= 0.6 is 33.7 Å². The van der Waals surface area contributed by atoms with Gasteiger partial charge in [-0.15, -0.1) is 0 Å². The van der Waals surface area contributed by atoms with Crippen LogP contribution in [-0.4, -0.2) is 22.5 Å². The molecule has 2 atom stereocenters. The second-order valence-corrected chi connectivity index (χ2v) is 9.05. The Bertz CT molecular complexity index is 952. The fourth-order valence-corrected chi connectivity index (χ4v) is 4.27. The van der Waals surface area contributed by atoms with Gasteiger partial charge in [0.05, 0.1) is 10.6 Å². The molecule has 27 heavy (non-hydrogen) atoms. The van der Waals surface area contributed by atoms with Gasteiger partial charge >= 0.3 is 0 Å². The molecule has 0 fully saturated rings. The van der Waals surface area contributed by atoms with Gasteiger partial charge in [0, 0.05) is 39.9 Å². The van der Waals surface area contributed by atoms with Crippen LogP contribution in [0.2, 0.25) is 5.02 Å². The number of nitrogens with one attached hydrogen (secondary N) is 1. The number of hydrogen-bond donors (Lipinski definition) is 1. The highest BCUT2D eigenvalue weighted by atomic mass is 35.5. The van der Waals surface area contributed by atoms with Gasteiger partial charge in [-0.3, -0.25) is 9.78 Å². The summed E-state index contributed by atoms with van der Waals surface area (Å²) in [6, 6.07) is 11.3. The predicted octanol–water partition coefficient (Wildman–Crippen LogP) is 5.74. The first kappa shape index (κ1) is 19.9. The molecule has 1 amide bonds. The van der Waals surface area contributed by atoms with Crippen molar-refractivity contribution in [2.24, 2.45) is 0 Å². The molecule has 1 heterocycles. The second kappa shape index (κ2) is 8.87. The summed E-state index contributed by atoms with van der Waals surface area (Å²) >= 11 is 12.7. The first-order chi connectivity index (χ1) is 13.0. The van der Waals surface area contributed by atoms with E-state index in [4.69, 9.17) is 23.2 Å². The SMILES string of the molecule is C/C=S(/C)c1ccc(C(=O)NC2=CC=C(Cl)C(c3ccccn3)C2)c(Cl)c1. The molecule has 0 saturated heterocycles. The van der Waals surface area contributed by atoms with E-state index in [0.717, 1.165) is 16.3 Å². The van der Waals surface area contributed by atoms with Crippen LogP contribution < -0.4 is 5.32 Å². The van der Waals surface area contributed by atoms with Crippen molar-refractivity contribution >= 4 is 45.0 Å². The smallest absolute Gasteiger partial charge is 0.256 e. The molecular formula is C21H20Cl2N2OS. The van der Waals surface area contributed by atoms with E-state index in [0.29, 0.717) is 22.0 Å². The summed E-state index contributed by atoms with van der Waals surface area (Å²) in [4.78, 5) is 18.2. The highest BCUT2D eigenvalue weighted by Gasteiger charge is 2.23. The minimum atomic E-state index is -0.222. The monoisotopic (exact) mass is 418 g/mol. The number of amides is 1. The molecule has 0 aliphatic heterocycles. The molecule has 1 aromatic carbocycles. The fraction of sp³-hybridized carbons (Fsp3) is 0.190. The normalized spacial score (nSPS) is 17.9. The summed E-state index contributed by atoms with van der Waals surface area (Å²) in [6.45, 7) is 2.02. The fourth-order valence-electron chi connectivity index (χ4n) is 2.83. The first-order valence-corrected chi connectivity index (χ1v) is 11.0. The third-order valence-electron chi connectivity index (χ3n) is 4.43. The zero-order valence-electron chi connectivity index (χ0n) is 15.1. The molecule has 0 bridgehead atoms.